The normalized spacial score (nSPS) is 25.7. The fraction of sp³-hybridized carbons (Fsp3) is 0.688. The monoisotopic (exact) mass is 357 g/mol. The van der Waals surface area contributed by atoms with Gasteiger partial charge in [-0.25, -0.2) is 0 Å². The lowest BCUT2D eigenvalue weighted by molar-refractivity contribution is -0.656. The molecule has 0 aliphatic heterocycles. The maximum absolute atomic E-state index is 12.4. The third kappa shape index (κ3) is 5.52. The summed E-state index contributed by atoms with van der Waals surface area (Å²) < 4.78 is 0. The number of primary amides is 1. The highest BCUT2D eigenvalue weighted by molar-refractivity contribution is 5.97. The molecule has 0 saturated carbocycles. The van der Waals surface area contributed by atoms with Crippen LogP contribution >= 0.6 is 0 Å². The third-order valence-electron chi connectivity index (χ3n) is 4.33. The largest absolute Gasteiger partial charge is 0.390 e. The molecule has 0 spiro atoms. The summed E-state index contributed by atoms with van der Waals surface area (Å²) in [4.78, 5) is 35.6. The van der Waals surface area contributed by atoms with Crippen LogP contribution in [0.5, 0.6) is 0 Å². The van der Waals surface area contributed by atoms with Gasteiger partial charge < -0.3 is 31.9 Å². The van der Waals surface area contributed by atoms with Gasteiger partial charge in [-0.1, -0.05) is 19.9 Å². The Hall–Kier alpha value is -1.97. The van der Waals surface area contributed by atoms with E-state index in [9.17, 15) is 24.6 Å². The van der Waals surface area contributed by atoms with Crippen molar-refractivity contribution in [3.63, 3.8) is 0 Å². The average molecular weight is 357 g/mol. The number of aliphatic hydroxyl groups is 2. The number of rotatable bonds is 7. The Bertz CT molecular complexity index is 549. The van der Waals surface area contributed by atoms with Crippen LogP contribution in [0.2, 0.25) is 0 Å². The van der Waals surface area contributed by atoms with E-state index in [4.69, 9.17) is 5.73 Å². The van der Waals surface area contributed by atoms with Gasteiger partial charge in [0.2, 0.25) is 11.8 Å². The first-order valence-corrected chi connectivity index (χ1v) is 8.35. The molecule has 1 aliphatic rings. The Morgan fingerprint density at radius 1 is 1.28 bits per heavy atom. The van der Waals surface area contributed by atoms with Crippen LogP contribution in [0.25, 0.3) is 0 Å². The highest BCUT2D eigenvalue weighted by atomic mass is 16.3. The van der Waals surface area contributed by atoms with E-state index in [0.717, 1.165) is 0 Å². The first-order chi connectivity index (χ1) is 11.6. The molecule has 9 nitrogen and oxygen atoms in total. The van der Waals surface area contributed by atoms with Crippen LogP contribution in [0.15, 0.2) is 11.6 Å². The number of likely N-dealkylation sites (N-methyl/N-ethyl adjacent to an activating group) is 1. The molecule has 1 aliphatic carbocycles. The molecule has 0 aromatic rings. The van der Waals surface area contributed by atoms with Gasteiger partial charge in [0.1, 0.15) is 12.1 Å². The van der Waals surface area contributed by atoms with Crippen molar-refractivity contribution in [1.29, 1.82) is 0 Å². The first kappa shape index (κ1) is 21.1. The molecule has 0 aromatic heterocycles. The molecular weight excluding hydrogens is 328 g/mol. The maximum Gasteiger partial charge on any atom is 0.279 e. The standard InChI is InChI=1S/C16H28N4O5/c1-7(2)12(18-4)16(25)20-10-5-9(6-11(21)13(10)22)15(24)19-8(3)14(17)23/h5,7-8,10-13,18,21-22H,6H2,1-4H3,(H2,17,23)(H,19,24)(H,20,25)/p+1/t8-,10-,11-,12+,13-/m1/s1. The van der Waals surface area contributed by atoms with Crippen molar-refractivity contribution in [3.05, 3.63) is 11.6 Å². The van der Waals surface area contributed by atoms with Crippen LogP contribution in [-0.4, -0.2) is 65.3 Å². The minimum atomic E-state index is -1.22. The van der Waals surface area contributed by atoms with Crippen LogP contribution in [0, 0.1) is 5.92 Å². The molecule has 0 bridgehead atoms. The van der Waals surface area contributed by atoms with Crippen molar-refractivity contribution in [1.82, 2.24) is 10.6 Å². The zero-order valence-electron chi connectivity index (χ0n) is 15.0. The summed E-state index contributed by atoms with van der Waals surface area (Å²) in [7, 11) is 1.77. The Labute approximate surface area is 147 Å². The fourth-order valence-electron chi connectivity index (χ4n) is 2.72. The molecule has 142 valence electrons. The van der Waals surface area contributed by atoms with Gasteiger partial charge in [-0.3, -0.25) is 14.4 Å². The second-order valence-electron chi connectivity index (χ2n) is 6.69. The molecule has 25 heavy (non-hydrogen) atoms. The van der Waals surface area contributed by atoms with E-state index in [1.165, 1.54) is 13.0 Å². The van der Waals surface area contributed by atoms with Gasteiger partial charge in [-0.2, -0.15) is 0 Å². The summed E-state index contributed by atoms with van der Waals surface area (Å²) in [5.74, 6) is -1.48. The SMILES string of the molecule is C[NH2+][C@H](C(=O)N[C@@H]1C=C(C(=O)N[C@H](C)C(N)=O)C[C@@H](O)[C@@H]1O)C(C)C. The van der Waals surface area contributed by atoms with Gasteiger partial charge in [0.25, 0.3) is 5.91 Å². The lowest BCUT2D eigenvalue weighted by atomic mass is 9.89. The molecule has 1 rings (SSSR count). The third-order valence-corrected chi connectivity index (χ3v) is 4.33. The van der Waals surface area contributed by atoms with Crippen molar-refractivity contribution in [2.75, 3.05) is 7.05 Å². The van der Waals surface area contributed by atoms with Crippen LogP contribution in [-0.2, 0) is 14.4 Å². The van der Waals surface area contributed by atoms with Crippen LogP contribution in [0.1, 0.15) is 27.2 Å². The molecule has 0 heterocycles. The minimum absolute atomic E-state index is 0.0684. The lowest BCUT2D eigenvalue weighted by Gasteiger charge is -2.32. The molecule has 0 radical (unpaired) electrons. The van der Waals surface area contributed by atoms with E-state index >= 15 is 0 Å². The predicted molar refractivity (Wildman–Crippen MR) is 89.9 cm³/mol. The summed E-state index contributed by atoms with van der Waals surface area (Å²) in [5.41, 5.74) is 5.29. The van der Waals surface area contributed by atoms with E-state index < -0.39 is 36.1 Å². The Morgan fingerprint density at radius 2 is 1.88 bits per heavy atom. The summed E-state index contributed by atoms with van der Waals surface area (Å²) in [6, 6.07) is -2.13. The molecule has 0 saturated heterocycles. The van der Waals surface area contributed by atoms with Gasteiger partial charge in [-0.05, 0) is 6.92 Å². The Balaban J connectivity index is 2.91. The van der Waals surface area contributed by atoms with E-state index in [-0.39, 0.29) is 29.9 Å². The fourth-order valence-corrected chi connectivity index (χ4v) is 2.72. The van der Waals surface area contributed by atoms with Gasteiger partial charge >= 0.3 is 0 Å². The van der Waals surface area contributed by atoms with Crippen molar-refractivity contribution in [2.45, 2.75) is 57.5 Å². The van der Waals surface area contributed by atoms with Gasteiger partial charge in [-0.15, -0.1) is 0 Å². The van der Waals surface area contributed by atoms with Crippen molar-refractivity contribution in [2.24, 2.45) is 11.7 Å². The molecular formula is C16H29N4O5+. The molecule has 3 amide bonds. The van der Waals surface area contributed by atoms with Crippen molar-refractivity contribution >= 4 is 17.7 Å². The summed E-state index contributed by atoms with van der Waals surface area (Å²) in [5, 5.41) is 27.0. The Kier molecular flexibility index (Phi) is 7.53. The molecule has 5 atom stereocenters. The number of nitrogens with two attached hydrogens (primary N) is 2. The highest BCUT2D eigenvalue weighted by Crippen LogP contribution is 2.20. The summed E-state index contributed by atoms with van der Waals surface area (Å²) in [6.07, 6.45) is -1.11. The quantitative estimate of drug-likeness (QED) is 0.282. The number of quaternary nitrogens is 1. The maximum atomic E-state index is 12.4. The number of hydrogen-bond donors (Lipinski definition) is 6. The van der Waals surface area contributed by atoms with Crippen molar-refractivity contribution < 1.29 is 29.9 Å². The number of aliphatic hydroxyl groups excluding tert-OH is 2. The van der Waals surface area contributed by atoms with E-state index in [1.807, 2.05) is 13.8 Å². The second kappa shape index (κ2) is 8.93. The van der Waals surface area contributed by atoms with Crippen LogP contribution < -0.4 is 21.7 Å². The zero-order chi connectivity index (χ0) is 19.3. The number of carbonyl (C=O) groups is 3. The van der Waals surface area contributed by atoms with Crippen molar-refractivity contribution in [3.8, 4) is 0 Å². The van der Waals surface area contributed by atoms with Gasteiger partial charge in [0.15, 0.2) is 6.04 Å². The predicted octanol–water partition coefficient (Wildman–Crippen LogP) is -3.27. The molecule has 0 unspecified atom stereocenters. The van der Waals surface area contributed by atoms with Gasteiger partial charge in [0, 0.05) is 17.9 Å². The number of amides is 3. The summed E-state index contributed by atoms with van der Waals surface area (Å²) >= 11 is 0. The van der Waals surface area contributed by atoms with E-state index in [0.29, 0.717) is 0 Å². The minimum Gasteiger partial charge on any atom is -0.390 e. The number of nitrogens with one attached hydrogen (secondary N) is 2. The summed E-state index contributed by atoms with van der Waals surface area (Å²) in [6.45, 7) is 5.24. The van der Waals surface area contributed by atoms with Crippen LogP contribution in [0.3, 0.4) is 0 Å². The van der Waals surface area contributed by atoms with Gasteiger partial charge in [0.05, 0.1) is 19.2 Å². The molecule has 9 heteroatoms. The smallest absolute Gasteiger partial charge is 0.279 e. The number of hydrogen-bond acceptors (Lipinski definition) is 5. The zero-order valence-corrected chi connectivity index (χ0v) is 15.0. The average Bonchev–Trinajstić information content (AvgIpc) is 2.51. The van der Waals surface area contributed by atoms with E-state index in [1.54, 1.807) is 12.4 Å². The topological polar surface area (TPSA) is 158 Å². The Morgan fingerprint density at radius 3 is 2.36 bits per heavy atom. The number of carbonyl (C=O) groups excluding carboxylic acids is 3. The lowest BCUT2D eigenvalue weighted by Crippen LogP contribution is -2.90. The molecule has 8 N–H and O–H groups in total. The first-order valence-electron chi connectivity index (χ1n) is 8.35. The molecule has 0 fully saturated rings. The second-order valence-corrected chi connectivity index (χ2v) is 6.69. The van der Waals surface area contributed by atoms with Crippen LogP contribution in [0.4, 0.5) is 0 Å². The highest BCUT2D eigenvalue weighted by Gasteiger charge is 2.36. The molecule has 0 aromatic carbocycles. The van der Waals surface area contributed by atoms with E-state index in [2.05, 4.69) is 10.6 Å².